The molecule has 1 aliphatic heterocycles. The van der Waals surface area contributed by atoms with Gasteiger partial charge in [-0.1, -0.05) is 0 Å². The van der Waals surface area contributed by atoms with Crippen molar-refractivity contribution in [2.75, 3.05) is 24.6 Å². The van der Waals surface area contributed by atoms with E-state index < -0.39 is 16.8 Å². The second-order valence-electron chi connectivity index (χ2n) is 2.96. The van der Waals surface area contributed by atoms with E-state index in [1.54, 1.807) is 11.8 Å². The van der Waals surface area contributed by atoms with Gasteiger partial charge in [-0.25, -0.2) is 0 Å². The van der Waals surface area contributed by atoms with Gasteiger partial charge in [0.1, 0.15) is 0 Å². The molecule has 0 radical (unpaired) electrons. The Hall–Kier alpha value is -0.420. The van der Waals surface area contributed by atoms with E-state index in [0.717, 1.165) is 0 Å². The first-order chi connectivity index (χ1) is 5.61. The van der Waals surface area contributed by atoms with E-state index in [0.29, 0.717) is 24.6 Å². The Morgan fingerprint density at radius 1 is 1.50 bits per heavy atom. The molecule has 4 nitrogen and oxygen atoms in total. The Morgan fingerprint density at radius 3 is 2.42 bits per heavy atom. The number of nitrogens with zero attached hydrogens (tertiary/aromatic N) is 1. The minimum atomic E-state index is -0.725. The summed E-state index contributed by atoms with van der Waals surface area (Å²) in [5, 5.41) is 0. The monoisotopic (exact) mass is 190 g/mol. The highest BCUT2D eigenvalue weighted by molar-refractivity contribution is 7.85. The quantitative estimate of drug-likeness (QED) is 0.572. The Labute approximate surface area is 74.6 Å². The number of hydrogen-bond donors (Lipinski definition) is 1. The van der Waals surface area contributed by atoms with Crippen molar-refractivity contribution < 1.29 is 9.00 Å². The van der Waals surface area contributed by atoms with Crippen molar-refractivity contribution in [1.29, 1.82) is 0 Å². The number of amides is 1. The molecule has 0 saturated carbocycles. The molecule has 0 aliphatic carbocycles. The van der Waals surface area contributed by atoms with Crippen molar-refractivity contribution in [1.82, 2.24) is 4.90 Å². The molecule has 0 aromatic heterocycles. The molecule has 2 N–H and O–H groups in total. The third-order valence-electron chi connectivity index (χ3n) is 1.88. The third-order valence-corrected chi connectivity index (χ3v) is 3.15. The summed E-state index contributed by atoms with van der Waals surface area (Å²) < 4.78 is 10.9. The van der Waals surface area contributed by atoms with Gasteiger partial charge >= 0.3 is 0 Å². The SMILES string of the molecule is CC(N)C(=O)N1CCS(=O)CC1. The van der Waals surface area contributed by atoms with Gasteiger partial charge in [-0.2, -0.15) is 0 Å². The van der Waals surface area contributed by atoms with Crippen LogP contribution in [0.5, 0.6) is 0 Å². The summed E-state index contributed by atoms with van der Waals surface area (Å²) in [6.45, 7) is 2.86. The van der Waals surface area contributed by atoms with Crippen molar-refractivity contribution in [2.45, 2.75) is 13.0 Å². The fourth-order valence-electron chi connectivity index (χ4n) is 1.15. The maximum atomic E-state index is 11.3. The van der Waals surface area contributed by atoms with Crippen molar-refractivity contribution in [3.8, 4) is 0 Å². The molecule has 1 heterocycles. The van der Waals surface area contributed by atoms with E-state index in [2.05, 4.69) is 0 Å². The third kappa shape index (κ3) is 2.28. The number of carbonyl (C=O) groups is 1. The smallest absolute Gasteiger partial charge is 0.239 e. The summed E-state index contributed by atoms with van der Waals surface area (Å²) in [6.07, 6.45) is 0. The van der Waals surface area contributed by atoms with Gasteiger partial charge in [0.25, 0.3) is 0 Å². The van der Waals surface area contributed by atoms with Gasteiger partial charge in [-0.3, -0.25) is 9.00 Å². The lowest BCUT2D eigenvalue weighted by Gasteiger charge is -2.27. The van der Waals surface area contributed by atoms with Crippen LogP contribution in [0, 0.1) is 0 Å². The number of rotatable bonds is 1. The van der Waals surface area contributed by atoms with E-state index in [1.165, 1.54) is 0 Å². The summed E-state index contributed by atoms with van der Waals surface area (Å²) in [6, 6.07) is -0.434. The molecule has 1 unspecified atom stereocenters. The maximum absolute atomic E-state index is 11.3. The fraction of sp³-hybridized carbons (Fsp3) is 0.857. The molecule has 1 rings (SSSR count). The Bertz CT molecular complexity index is 196. The Morgan fingerprint density at radius 2 is 2.00 bits per heavy atom. The molecule has 1 atom stereocenters. The topological polar surface area (TPSA) is 63.4 Å². The predicted octanol–water partition coefficient (Wildman–Crippen LogP) is -1.08. The molecule has 0 bridgehead atoms. The van der Waals surface area contributed by atoms with Crippen molar-refractivity contribution >= 4 is 16.7 Å². The van der Waals surface area contributed by atoms with Crippen LogP contribution in [0.25, 0.3) is 0 Å². The van der Waals surface area contributed by atoms with Crippen molar-refractivity contribution in [3.63, 3.8) is 0 Å². The van der Waals surface area contributed by atoms with Crippen molar-refractivity contribution in [2.24, 2.45) is 5.73 Å². The molecule has 1 amide bonds. The minimum absolute atomic E-state index is 0.0355. The largest absolute Gasteiger partial charge is 0.340 e. The predicted molar refractivity (Wildman–Crippen MR) is 48.1 cm³/mol. The van der Waals surface area contributed by atoms with Crippen LogP contribution in [0.1, 0.15) is 6.92 Å². The molecule has 5 heteroatoms. The van der Waals surface area contributed by atoms with Gasteiger partial charge in [0.2, 0.25) is 5.91 Å². The zero-order chi connectivity index (χ0) is 9.14. The number of carbonyl (C=O) groups excluding carboxylic acids is 1. The average Bonchev–Trinajstić information content (AvgIpc) is 2.04. The van der Waals surface area contributed by atoms with Crippen LogP contribution in [0.4, 0.5) is 0 Å². The van der Waals surface area contributed by atoms with Crippen LogP contribution in [0.15, 0.2) is 0 Å². The van der Waals surface area contributed by atoms with E-state index in [9.17, 15) is 9.00 Å². The van der Waals surface area contributed by atoms with E-state index in [4.69, 9.17) is 5.73 Å². The second kappa shape index (κ2) is 4.00. The van der Waals surface area contributed by atoms with Crippen LogP contribution < -0.4 is 5.73 Å². The summed E-state index contributed by atoms with van der Waals surface area (Å²) in [4.78, 5) is 13.0. The first-order valence-corrected chi connectivity index (χ1v) is 5.49. The normalized spacial score (nSPS) is 22.3. The number of nitrogens with two attached hydrogens (primary N) is 1. The molecule has 12 heavy (non-hydrogen) atoms. The van der Waals surface area contributed by atoms with Crippen LogP contribution in [0.2, 0.25) is 0 Å². The molecule has 0 spiro atoms. The van der Waals surface area contributed by atoms with Gasteiger partial charge in [0.05, 0.1) is 6.04 Å². The fourth-order valence-corrected chi connectivity index (χ4v) is 2.20. The molecule has 70 valence electrons. The molecule has 1 fully saturated rings. The van der Waals surface area contributed by atoms with E-state index in [1.807, 2.05) is 0 Å². The molecule has 0 aromatic rings. The van der Waals surface area contributed by atoms with Gasteiger partial charge in [-0.15, -0.1) is 0 Å². The summed E-state index contributed by atoms with van der Waals surface area (Å²) >= 11 is 0. The lowest BCUT2D eigenvalue weighted by Crippen LogP contribution is -2.48. The lowest BCUT2D eigenvalue weighted by atomic mass is 10.3. The lowest BCUT2D eigenvalue weighted by molar-refractivity contribution is -0.131. The zero-order valence-corrected chi connectivity index (χ0v) is 7.97. The van der Waals surface area contributed by atoms with Gasteiger partial charge in [-0.05, 0) is 6.92 Å². The second-order valence-corrected chi connectivity index (χ2v) is 4.66. The molecule has 1 aliphatic rings. The van der Waals surface area contributed by atoms with E-state index >= 15 is 0 Å². The van der Waals surface area contributed by atoms with Gasteiger partial charge < -0.3 is 10.6 Å². The number of hydrogen-bond acceptors (Lipinski definition) is 3. The standard InChI is InChI=1S/C7H14N2O2S/c1-6(8)7(10)9-2-4-12(11)5-3-9/h6H,2-5,8H2,1H3. The summed E-state index contributed by atoms with van der Waals surface area (Å²) in [5.41, 5.74) is 5.43. The maximum Gasteiger partial charge on any atom is 0.239 e. The van der Waals surface area contributed by atoms with E-state index in [-0.39, 0.29) is 5.91 Å². The minimum Gasteiger partial charge on any atom is -0.340 e. The Kier molecular flexibility index (Phi) is 3.22. The van der Waals surface area contributed by atoms with Crippen LogP contribution in [-0.2, 0) is 15.6 Å². The highest BCUT2D eigenvalue weighted by Gasteiger charge is 2.21. The summed E-state index contributed by atoms with van der Waals surface area (Å²) in [5.74, 6) is 1.16. The molecular formula is C7H14N2O2S. The first-order valence-electron chi connectivity index (χ1n) is 4.00. The molecule has 0 aromatic carbocycles. The van der Waals surface area contributed by atoms with Gasteiger partial charge in [0.15, 0.2) is 0 Å². The van der Waals surface area contributed by atoms with Crippen molar-refractivity contribution in [3.05, 3.63) is 0 Å². The highest BCUT2D eigenvalue weighted by atomic mass is 32.2. The van der Waals surface area contributed by atoms with Crippen LogP contribution in [0.3, 0.4) is 0 Å². The van der Waals surface area contributed by atoms with Crippen LogP contribution in [-0.4, -0.2) is 45.7 Å². The van der Waals surface area contributed by atoms with Gasteiger partial charge in [0, 0.05) is 35.4 Å². The van der Waals surface area contributed by atoms with Crippen LogP contribution >= 0.6 is 0 Å². The average molecular weight is 190 g/mol. The molecular weight excluding hydrogens is 176 g/mol. The Balaban J connectivity index is 2.44. The summed E-state index contributed by atoms with van der Waals surface area (Å²) in [7, 11) is -0.725. The first kappa shape index (κ1) is 9.67. The zero-order valence-electron chi connectivity index (χ0n) is 7.16. The highest BCUT2D eigenvalue weighted by Crippen LogP contribution is 2.01. The molecule has 1 saturated heterocycles.